The largest absolute Gasteiger partial charge is 0.494 e. The number of carbonyl (C=O) groups excluding carboxylic acids is 4. The maximum absolute atomic E-state index is 13.0. The summed E-state index contributed by atoms with van der Waals surface area (Å²) in [5.74, 6) is 1.12. The van der Waals surface area contributed by atoms with Gasteiger partial charge in [-0.2, -0.15) is 4.98 Å². The lowest BCUT2D eigenvalue weighted by Gasteiger charge is -2.29. The first-order chi connectivity index (χ1) is 33.5. The van der Waals surface area contributed by atoms with Gasteiger partial charge in [0, 0.05) is 96.9 Å². The number of hydrogen-bond donors (Lipinski definition) is 5. The molecule has 69 heavy (non-hydrogen) atoms. The first kappa shape index (κ1) is 53.1. The third-order valence-electron chi connectivity index (χ3n) is 11.8. The van der Waals surface area contributed by atoms with E-state index >= 15 is 0 Å². The van der Waals surface area contributed by atoms with Gasteiger partial charge < -0.3 is 55.1 Å². The zero-order valence-electron chi connectivity index (χ0n) is 39.6. The molecule has 20 heteroatoms. The molecule has 1 aliphatic carbocycles. The zero-order valence-corrected chi connectivity index (χ0v) is 42.0. The van der Waals surface area contributed by atoms with E-state index in [9.17, 15) is 24.3 Å². The van der Waals surface area contributed by atoms with Gasteiger partial charge >= 0.3 is 0 Å². The molecule has 5 N–H and O–H groups in total. The summed E-state index contributed by atoms with van der Waals surface area (Å²) >= 11 is 5.09. The number of unbranched alkanes of at least 4 members (excludes halogenated alkanes) is 1. The number of likely N-dealkylation sites (tertiary alicyclic amines) is 1. The monoisotopic (exact) mass is 1040 g/mol. The molecule has 6 rings (SSSR count). The fourth-order valence-electron chi connectivity index (χ4n) is 7.63. The van der Waals surface area contributed by atoms with Crippen molar-refractivity contribution < 1.29 is 43.2 Å². The molecule has 0 unspecified atom stereocenters. The van der Waals surface area contributed by atoms with Crippen molar-refractivity contribution in [2.24, 2.45) is 5.92 Å². The van der Waals surface area contributed by atoms with Crippen LogP contribution in [0.3, 0.4) is 0 Å². The average molecular weight is 1040 g/mol. The highest BCUT2D eigenvalue weighted by molar-refractivity contribution is 9.10. The molecule has 2 aliphatic rings. The molecule has 4 aromatic rings. The zero-order chi connectivity index (χ0) is 48.8. The minimum Gasteiger partial charge on any atom is -0.494 e. The maximum atomic E-state index is 13.0. The van der Waals surface area contributed by atoms with Gasteiger partial charge in [0.2, 0.25) is 29.6 Å². The SMILES string of the molecule is Cc1ncsc1-c1ccc(CNC(=O)[C@@H]2C[C@@H](O)CN2C(=O)CNC(=O)COCCCOCCCCOCCCOc2ccc(Nc3ncc(Br)c(NCCCN(C)C(=O)C4CCC4)n3)cc2)cc1. The van der Waals surface area contributed by atoms with Gasteiger partial charge in [0.15, 0.2) is 0 Å². The molecule has 1 saturated heterocycles. The molecular weight excluding hydrogens is 971 g/mol. The van der Waals surface area contributed by atoms with Crippen molar-refractivity contribution >= 4 is 68.3 Å². The third kappa shape index (κ3) is 17.6. The van der Waals surface area contributed by atoms with Gasteiger partial charge in [0.25, 0.3) is 0 Å². The molecule has 2 atom stereocenters. The van der Waals surface area contributed by atoms with E-state index in [1.807, 2.05) is 72.9 Å². The number of nitrogens with one attached hydrogen (secondary N) is 4. The summed E-state index contributed by atoms with van der Waals surface area (Å²) < 4.78 is 23.5. The number of aromatic nitrogens is 3. The number of ether oxygens (including phenoxy) is 4. The number of aryl methyl sites for hydroxylation is 1. The Kier molecular flexibility index (Phi) is 21.9. The Balaban J connectivity index is 0.719. The van der Waals surface area contributed by atoms with E-state index in [0.29, 0.717) is 70.9 Å². The molecule has 374 valence electrons. The van der Waals surface area contributed by atoms with E-state index in [1.54, 1.807) is 17.5 Å². The first-order valence-electron chi connectivity index (χ1n) is 23.8. The van der Waals surface area contributed by atoms with Crippen molar-refractivity contribution in [1.29, 1.82) is 0 Å². The lowest BCUT2D eigenvalue weighted by atomic mass is 9.84. The molecule has 0 spiro atoms. The van der Waals surface area contributed by atoms with Crippen LogP contribution < -0.4 is 26.0 Å². The number of aliphatic hydroxyl groups is 1. The van der Waals surface area contributed by atoms with Crippen LogP contribution in [0.5, 0.6) is 5.75 Å². The number of anilines is 3. The standard InChI is InChI=1S/C49H66BrN9O9S/c1-34-45(69-33-55-34)36-13-11-35(12-14-36)28-53-47(63)42-27-39(60)31-59(42)44(62)30-52-43(61)32-67-25-7-23-65-21-3-4-22-66-24-8-26-68-40-17-15-38(16-18-40)56-49-54-29-41(50)46(57-49)51-19-6-20-58(2)48(64)37-9-5-10-37/h11-18,29,33,37,39,42,60H,3-10,19-28,30-32H2,1-2H3,(H,52,61)(H,53,63)(H2,51,54,56,57)/t39-,42+/m1/s1. The van der Waals surface area contributed by atoms with Crippen molar-refractivity contribution in [2.75, 3.05) is 90.1 Å². The Morgan fingerprint density at radius 2 is 1.59 bits per heavy atom. The Labute approximate surface area is 416 Å². The molecule has 0 radical (unpaired) electrons. The molecule has 1 saturated carbocycles. The molecule has 2 fully saturated rings. The number of β-amino-alcohol motifs (C(OH)–C–C–N with tert-alkyl or cyclic N) is 1. The van der Waals surface area contributed by atoms with Gasteiger partial charge in [0.1, 0.15) is 24.2 Å². The summed E-state index contributed by atoms with van der Waals surface area (Å²) in [7, 11) is 1.88. The highest BCUT2D eigenvalue weighted by atomic mass is 79.9. The highest BCUT2D eigenvalue weighted by Gasteiger charge is 2.38. The number of amides is 4. The van der Waals surface area contributed by atoms with E-state index in [1.165, 1.54) is 4.90 Å². The lowest BCUT2D eigenvalue weighted by Crippen LogP contribution is -2.49. The van der Waals surface area contributed by atoms with Crippen LogP contribution in [-0.4, -0.2) is 145 Å². The molecule has 18 nitrogen and oxygen atoms in total. The van der Waals surface area contributed by atoms with Crippen molar-refractivity contribution in [3.63, 3.8) is 0 Å². The van der Waals surface area contributed by atoms with Crippen molar-refractivity contribution in [1.82, 2.24) is 35.4 Å². The predicted molar refractivity (Wildman–Crippen MR) is 267 cm³/mol. The van der Waals surface area contributed by atoms with Gasteiger partial charge in [-0.05, 0) is 96.8 Å². The van der Waals surface area contributed by atoms with Crippen molar-refractivity contribution in [3.05, 3.63) is 76.0 Å². The van der Waals surface area contributed by atoms with Crippen LogP contribution in [0.2, 0.25) is 0 Å². The number of benzene rings is 2. The second-order valence-electron chi connectivity index (χ2n) is 17.2. The van der Waals surface area contributed by atoms with Crippen LogP contribution in [0, 0.1) is 12.8 Å². The van der Waals surface area contributed by atoms with Gasteiger partial charge in [-0.1, -0.05) is 30.7 Å². The molecule has 2 aromatic heterocycles. The maximum Gasteiger partial charge on any atom is 0.246 e. The minimum atomic E-state index is -0.829. The van der Waals surface area contributed by atoms with Crippen LogP contribution in [0.1, 0.15) is 69.0 Å². The second kappa shape index (κ2) is 28.4. The Hall–Kier alpha value is -5.25. The summed E-state index contributed by atoms with van der Waals surface area (Å²) in [4.78, 5) is 68.3. The first-order valence-corrected chi connectivity index (χ1v) is 25.5. The van der Waals surface area contributed by atoms with E-state index in [0.717, 1.165) is 82.6 Å². The molecule has 0 bridgehead atoms. The Morgan fingerprint density at radius 1 is 0.884 bits per heavy atom. The van der Waals surface area contributed by atoms with Crippen LogP contribution in [0.4, 0.5) is 17.5 Å². The van der Waals surface area contributed by atoms with Gasteiger partial charge in [-0.3, -0.25) is 19.2 Å². The van der Waals surface area contributed by atoms with Crippen LogP contribution >= 0.6 is 27.3 Å². The van der Waals surface area contributed by atoms with E-state index in [4.69, 9.17) is 18.9 Å². The normalized spacial score (nSPS) is 15.6. The quantitative estimate of drug-likeness (QED) is 0.0387. The summed E-state index contributed by atoms with van der Waals surface area (Å²) in [6.07, 6.45) is 8.10. The second-order valence-corrected chi connectivity index (χ2v) is 18.9. The van der Waals surface area contributed by atoms with Crippen LogP contribution in [-0.2, 0) is 39.9 Å². The summed E-state index contributed by atoms with van der Waals surface area (Å²) in [5, 5.41) is 22.3. The molecule has 3 heterocycles. The molecule has 4 amide bonds. The molecule has 1 aliphatic heterocycles. The minimum absolute atomic E-state index is 0.0181. The number of hydrogen-bond acceptors (Lipinski definition) is 15. The third-order valence-corrected chi connectivity index (χ3v) is 13.3. The van der Waals surface area contributed by atoms with E-state index in [2.05, 4.69) is 52.1 Å². The van der Waals surface area contributed by atoms with Crippen LogP contribution in [0.15, 0.2) is 64.7 Å². The fourth-order valence-corrected chi connectivity index (χ4v) is 8.77. The van der Waals surface area contributed by atoms with E-state index < -0.39 is 24.0 Å². The Bertz CT molecular complexity index is 2230. The topological polar surface area (TPSA) is 219 Å². The van der Waals surface area contributed by atoms with Gasteiger partial charge in [0.05, 0.1) is 39.8 Å². The lowest BCUT2D eigenvalue weighted by molar-refractivity contribution is -0.139. The Morgan fingerprint density at radius 3 is 2.29 bits per heavy atom. The smallest absolute Gasteiger partial charge is 0.246 e. The van der Waals surface area contributed by atoms with Crippen molar-refractivity contribution in [2.45, 2.75) is 83.4 Å². The van der Waals surface area contributed by atoms with Gasteiger partial charge in [-0.25, -0.2) is 9.97 Å². The average Bonchev–Trinajstić information content (AvgIpc) is 3.96. The van der Waals surface area contributed by atoms with Gasteiger partial charge in [-0.15, -0.1) is 11.3 Å². The predicted octanol–water partition coefficient (Wildman–Crippen LogP) is 5.86. The summed E-state index contributed by atoms with van der Waals surface area (Å²) in [6.45, 7) is 6.31. The summed E-state index contributed by atoms with van der Waals surface area (Å²) in [6, 6.07) is 14.6. The number of carbonyl (C=O) groups is 4. The van der Waals surface area contributed by atoms with E-state index in [-0.39, 0.29) is 50.4 Å². The number of halogens is 1. The molecular formula is C49H66BrN9O9S. The number of rotatable bonds is 30. The summed E-state index contributed by atoms with van der Waals surface area (Å²) in [5.41, 5.74) is 5.57. The van der Waals surface area contributed by atoms with Crippen molar-refractivity contribution in [3.8, 4) is 16.2 Å². The van der Waals surface area contributed by atoms with Crippen LogP contribution in [0.25, 0.3) is 10.4 Å². The molecule has 2 aromatic carbocycles. The highest BCUT2D eigenvalue weighted by Crippen LogP contribution is 2.29. The fraction of sp³-hybridized carbons (Fsp3) is 0.531. The number of thiazole rings is 1. The number of aliphatic hydroxyl groups excluding tert-OH is 1. The number of nitrogens with zero attached hydrogens (tertiary/aromatic N) is 5.